The van der Waals surface area contributed by atoms with Crippen molar-refractivity contribution in [1.82, 2.24) is 5.32 Å². The molecule has 2 atom stereocenters. The van der Waals surface area contributed by atoms with Crippen molar-refractivity contribution >= 4 is 22.4 Å². The van der Waals surface area contributed by atoms with Gasteiger partial charge in [-0.15, -0.1) is 0 Å². The van der Waals surface area contributed by atoms with Crippen molar-refractivity contribution in [2.45, 2.75) is 19.4 Å². The lowest BCUT2D eigenvalue weighted by Gasteiger charge is -2.14. The fourth-order valence-corrected chi connectivity index (χ4v) is 2.25. The van der Waals surface area contributed by atoms with Crippen molar-refractivity contribution in [3.05, 3.63) is 29.3 Å². The fraction of sp³-hybridized carbons (Fsp3) is 0.417. The van der Waals surface area contributed by atoms with Crippen molar-refractivity contribution in [2.75, 3.05) is 17.4 Å². The van der Waals surface area contributed by atoms with Gasteiger partial charge in [-0.25, -0.2) is 8.78 Å². The number of hydrazine groups is 1. The van der Waals surface area contributed by atoms with Crippen molar-refractivity contribution in [3.63, 3.8) is 0 Å². The molecule has 1 amide bonds. The van der Waals surface area contributed by atoms with E-state index in [0.29, 0.717) is 12.2 Å². The second kappa shape index (κ2) is 7.30. The molecule has 2 unspecified atom stereocenters. The summed E-state index contributed by atoms with van der Waals surface area (Å²) in [5.41, 5.74) is 1.26. The number of hydrogen-bond acceptors (Lipinski definition) is 4. The molecule has 0 bridgehead atoms. The molecule has 0 spiro atoms. The molecule has 0 saturated heterocycles. The van der Waals surface area contributed by atoms with Crippen LogP contribution < -0.4 is 16.6 Å². The highest BCUT2D eigenvalue weighted by molar-refractivity contribution is 7.84. The van der Waals surface area contributed by atoms with E-state index in [0.717, 1.165) is 12.1 Å². The van der Waals surface area contributed by atoms with Crippen LogP contribution in [0, 0.1) is 11.6 Å². The first-order chi connectivity index (χ1) is 9.35. The summed E-state index contributed by atoms with van der Waals surface area (Å²) >= 11 is 0. The van der Waals surface area contributed by atoms with Gasteiger partial charge in [0, 0.05) is 34.4 Å². The molecular formula is C12H17F2N3O2S. The van der Waals surface area contributed by atoms with Crippen LogP contribution in [0.5, 0.6) is 0 Å². The Hall–Kier alpha value is -1.54. The first-order valence-corrected chi connectivity index (χ1v) is 7.64. The van der Waals surface area contributed by atoms with Gasteiger partial charge < -0.3 is 10.7 Å². The number of amides is 1. The van der Waals surface area contributed by atoms with Crippen LogP contribution in [0.25, 0.3) is 0 Å². The normalized spacial score (nSPS) is 13.7. The predicted molar refractivity (Wildman–Crippen MR) is 74.6 cm³/mol. The molecule has 1 aromatic rings. The molecule has 0 aliphatic carbocycles. The molecule has 0 aliphatic heterocycles. The van der Waals surface area contributed by atoms with E-state index in [-0.39, 0.29) is 11.6 Å². The maximum atomic E-state index is 13.5. The van der Waals surface area contributed by atoms with Gasteiger partial charge in [0.25, 0.3) is 5.91 Å². The highest BCUT2D eigenvalue weighted by Gasteiger charge is 2.16. The molecule has 5 nitrogen and oxygen atoms in total. The average molecular weight is 305 g/mol. The maximum absolute atomic E-state index is 13.5. The van der Waals surface area contributed by atoms with Crippen molar-refractivity contribution in [1.29, 1.82) is 0 Å². The number of rotatable bonds is 6. The third-order valence-electron chi connectivity index (χ3n) is 2.66. The van der Waals surface area contributed by atoms with E-state index < -0.39 is 34.0 Å². The molecular weight excluding hydrogens is 288 g/mol. The Morgan fingerprint density at radius 1 is 1.40 bits per heavy atom. The van der Waals surface area contributed by atoms with Crippen LogP contribution in [-0.2, 0) is 10.8 Å². The minimum atomic E-state index is -0.951. The lowest BCUT2D eigenvalue weighted by molar-refractivity contribution is 0.0938. The zero-order valence-electron chi connectivity index (χ0n) is 11.2. The van der Waals surface area contributed by atoms with E-state index in [4.69, 9.17) is 5.84 Å². The topological polar surface area (TPSA) is 84.2 Å². The Balaban J connectivity index is 2.75. The Morgan fingerprint density at radius 3 is 2.40 bits per heavy atom. The standard InChI is InChI=1S/C12H17F2N3O2S/c1-7(3-4-20(2)19)16-12(18)8-5-9(13)11(17-15)10(14)6-8/h5-7,17H,3-4,15H2,1-2H3,(H,16,18). The quantitative estimate of drug-likeness (QED) is 0.543. The van der Waals surface area contributed by atoms with Crippen LogP contribution in [0.1, 0.15) is 23.7 Å². The minimum absolute atomic E-state index is 0.136. The zero-order chi connectivity index (χ0) is 15.3. The summed E-state index contributed by atoms with van der Waals surface area (Å²) in [5, 5.41) is 2.59. The van der Waals surface area contributed by atoms with E-state index in [1.54, 1.807) is 13.2 Å². The van der Waals surface area contributed by atoms with Gasteiger partial charge in [-0.05, 0) is 25.5 Å². The molecule has 8 heteroatoms. The van der Waals surface area contributed by atoms with Gasteiger partial charge in [-0.1, -0.05) is 0 Å². The average Bonchev–Trinajstić information content (AvgIpc) is 2.35. The first kappa shape index (κ1) is 16.5. The molecule has 0 aromatic heterocycles. The fourth-order valence-electron chi connectivity index (χ4n) is 1.56. The number of nitrogens with one attached hydrogen (secondary N) is 2. The van der Waals surface area contributed by atoms with E-state index in [1.165, 1.54) is 0 Å². The van der Waals surface area contributed by atoms with Crippen LogP contribution in [0.15, 0.2) is 12.1 Å². The number of anilines is 1. The van der Waals surface area contributed by atoms with Crippen LogP contribution in [0.2, 0.25) is 0 Å². The third-order valence-corrected chi connectivity index (χ3v) is 3.48. The third kappa shape index (κ3) is 4.53. The van der Waals surface area contributed by atoms with Gasteiger partial charge in [0.2, 0.25) is 0 Å². The number of carbonyl (C=O) groups is 1. The van der Waals surface area contributed by atoms with Crippen molar-refractivity contribution < 1.29 is 17.8 Å². The van der Waals surface area contributed by atoms with Gasteiger partial charge in [-0.2, -0.15) is 0 Å². The largest absolute Gasteiger partial charge is 0.350 e. The summed E-state index contributed by atoms with van der Waals surface area (Å²) < 4.78 is 37.9. The summed E-state index contributed by atoms with van der Waals surface area (Å²) in [6, 6.07) is 1.56. The zero-order valence-corrected chi connectivity index (χ0v) is 12.0. The van der Waals surface area contributed by atoms with Gasteiger partial charge >= 0.3 is 0 Å². The van der Waals surface area contributed by atoms with Gasteiger partial charge in [0.1, 0.15) is 5.69 Å². The molecule has 4 N–H and O–H groups in total. The molecule has 0 saturated carbocycles. The Morgan fingerprint density at radius 2 is 1.95 bits per heavy atom. The summed E-state index contributed by atoms with van der Waals surface area (Å²) in [7, 11) is -0.951. The Labute approximate surface area is 118 Å². The molecule has 20 heavy (non-hydrogen) atoms. The van der Waals surface area contributed by atoms with Crippen LogP contribution in [0.4, 0.5) is 14.5 Å². The van der Waals surface area contributed by atoms with E-state index >= 15 is 0 Å². The Kier molecular flexibility index (Phi) is 6.03. The van der Waals surface area contributed by atoms with Gasteiger partial charge in [0.05, 0.1) is 0 Å². The highest BCUT2D eigenvalue weighted by atomic mass is 32.2. The van der Waals surface area contributed by atoms with Crippen LogP contribution in [0.3, 0.4) is 0 Å². The minimum Gasteiger partial charge on any atom is -0.350 e. The number of carbonyl (C=O) groups excluding carboxylic acids is 1. The summed E-state index contributed by atoms with van der Waals surface area (Å²) in [6.45, 7) is 1.73. The van der Waals surface area contributed by atoms with Gasteiger partial charge in [0.15, 0.2) is 11.6 Å². The molecule has 0 fully saturated rings. The Bertz CT molecular complexity index is 502. The van der Waals surface area contributed by atoms with Crippen molar-refractivity contribution in [2.24, 2.45) is 5.84 Å². The molecule has 0 radical (unpaired) electrons. The lowest BCUT2D eigenvalue weighted by atomic mass is 10.1. The molecule has 0 heterocycles. The molecule has 1 rings (SSSR count). The van der Waals surface area contributed by atoms with E-state index in [9.17, 15) is 17.8 Å². The highest BCUT2D eigenvalue weighted by Crippen LogP contribution is 2.19. The van der Waals surface area contributed by atoms with Crippen LogP contribution in [-0.4, -0.2) is 28.2 Å². The number of benzene rings is 1. The van der Waals surface area contributed by atoms with Gasteiger partial charge in [-0.3, -0.25) is 14.8 Å². The summed E-state index contributed by atoms with van der Waals surface area (Å²) in [6.07, 6.45) is 2.08. The SMILES string of the molecule is CC(CCS(C)=O)NC(=O)c1cc(F)c(NN)c(F)c1. The number of halogens is 2. The second-order valence-electron chi connectivity index (χ2n) is 4.40. The lowest BCUT2D eigenvalue weighted by Crippen LogP contribution is -2.33. The van der Waals surface area contributed by atoms with E-state index in [2.05, 4.69) is 5.32 Å². The van der Waals surface area contributed by atoms with Crippen molar-refractivity contribution in [3.8, 4) is 0 Å². The second-order valence-corrected chi connectivity index (χ2v) is 5.95. The molecule has 112 valence electrons. The van der Waals surface area contributed by atoms with E-state index in [1.807, 2.05) is 5.43 Å². The summed E-state index contributed by atoms with van der Waals surface area (Å²) in [4.78, 5) is 11.8. The predicted octanol–water partition coefficient (Wildman–Crippen LogP) is 1.14. The smallest absolute Gasteiger partial charge is 0.251 e. The monoisotopic (exact) mass is 305 g/mol. The number of nitrogen functional groups attached to an aromatic ring is 1. The first-order valence-electron chi connectivity index (χ1n) is 5.91. The number of hydrogen-bond donors (Lipinski definition) is 3. The maximum Gasteiger partial charge on any atom is 0.251 e. The molecule has 1 aromatic carbocycles. The summed E-state index contributed by atoms with van der Waals surface area (Å²) in [5.74, 6) is 2.93. The van der Waals surface area contributed by atoms with Crippen LogP contribution >= 0.6 is 0 Å². The molecule has 0 aliphatic rings. The number of nitrogens with two attached hydrogens (primary N) is 1.